The zero-order valence-electron chi connectivity index (χ0n) is 9.91. The second-order valence-corrected chi connectivity index (χ2v) is 4.78. The van der Waals surface area contributed by atoms with E-state index in [1.54, 1.807) is 5.38 Å². The summed E-state index contributed by atoms with van der Waals surface area (Å²) in [6, 6.07) is 0. The van der Waals surface area contributed by atoms with Crippen molar-refractivity contribution >= 4 is 17.4 Å². The van der Waals surface area contributed by atoms with Gasteiger partial charge in [0.2, 0.25) is 0 Å². The van der Waals surface area contributed by atoms with Gasteiger partial charge in [0, 0.05) is 17.5 Å². The molecule has 2 N–H and O–H groups in total. The Balaban J connectivity index is 2.73. The van der Waals surface area contributed by atoms with Gasteiger partial charge in [-0.15, -0.1) is 0 Å². The van der Waals surface area contributed by atoms with Crippen molar-refractivity contribution in [2.45, 2.75) is 39.2 Å². The number of hydrogen-bond acceptors (Lipinski definition) is 4. The van der Waals surface area contributed by atoms with Crippen LogP contribution >= 0.6 is 11.5 Å². The highest BCUT2D eigenvalue weighted by molar-refractivity contribution is 7.03. The van der Waals surface area contributed by atoms with E-state index in [0.717, 1.165) is 12.1 Å². The smallest absolute Gasteiger partial charge is 0.254 e. The number of aromatic nitrogens is 1. The van der Waals surface area contributed by atoms with Gasteiger partial charge in [-0.05, 0) is 38.2 Å². The first-order valence-electron chi connectivity index (χ1n) is 5.37. The number of carbonyl (C=O) groups excluding carboxylic acids is 1. The summed E-state index contributed by atoms with van der Waals surface area (Å²) in [6.07, 6.45) is 1.35. The predicted octanol–water partition coefficient (Wildman–Crippen LogP) is 1.73. The largest absolute Gasteiger partial charge is 0.396 e. The van der Waals surface area contributed by atoms with Crippen molar-refractivity contribution in [3.8, 4) is 0 Å². The summed E-state index contributed by atoms with van der Waals surface area (Å²) < 4.78 is 4.07. The lowest BCUT2D eigenvalue weighted by Crippen LogP contribution is -2.46. The second kappa shape index (κ2) is 5.41. The van der Waals surface area contributed by atoms with Gasteiger partial charge >= 0.3 is 0 Å². The summed E-state index contributed by atoms with van der Waals surface area (Å²) >= 11 is 1.28. The maximum Gasteiger partial charge on any atom is 0.254 e. The van der Waals surface area contributed by atoms with Crippen LogP contribution in [0, 0.1) is 6.92 Å². The van der Waals surface area contributed by atoms with Crippen LogP contribution in [0.5, 0.6) is 0 Å². The Hall–Kier alpha value is -0.940. The van der Waals surface area contributed by atoms with Gasteiger partial charge in [-0.25, -0.2) is 0 Å². The summed E-state index contributed by atoms with van der Waals surface area (Å²) in [5.74, 6) is -0.107. The Morgan fingerprint density at radius 2 is 2.38 bits per heavy atom. The minimum absolute atomic E-state index is 0.0749. The fourth-order valence-corrected chi connectivity index (χ4v) is 2.12. The van der Waals surface area contributed by atoms with Gasteiger partial charge in [0.1, 0.15) is 0 Å². The number of aliphatic hydroxyl groups excluding tert-OH is 1. The Kier molecular flexibility index (Phi) is 4.44. The molecule has 0 aliphatic heterocycles. The van der Waals surface area contributed by atoms with Gasteiger partial charge in [0.15, 0.2) is 0 Å². The molecular formula is C11H18N2O2S. The van der Waals surface area contributed by atoms with Crippen LogP contribution < -0.4 is 5.32 Å². The van der Waals surface area contributed by atoms with Crippen LogP contribution in [0.15, 0.2) is 5.38 Å². The molecule has 0 spiro atoms. The van der Waals surface area contributed by atoms with E-state index >= 15 is 0 Å². The number of amides is 1. The van der Waals surface area contributed by atoms with E-state index in [9.17, 15) is 4.79 Å². The first-order chi connectivity index (χ1) is 7.52. The average Bonchev–Trinajstić information content (AvgIpc) is 2.65. The summed E-state index contributed by atoms with van der Waals surface area (Å²) in [4.78, 5) is 11.9. The molecule has 0 aliphatic rings. The molecular weight excluding hydrogens is 224 g/mol. The molecule has 90 valence electrons. The number of nitrogens with one attached hydrogen (secondary N) is 1. The highest BCUT2D eigenvalue weighted by Gasteiger charge is 2.25. The van der Waals surface area contributed by atoms with Crippen LogP contribution in [-0.2, 0) is 0 Å². The summed E-state index contributed by atoms with van der Waals surface area (Å²) in [7, 11) is 0. The minimum Gasteiger partial charge on any atom is -0.396 e. The van der Waals surface area contributed by atoms with Crippen molar-refractivity contribution in [3.05, 3.63) is 16.6 Å². The third-order valence-electron chi connectivity index (χ3n) is 2.85. The Labute approximate surface area is 99.9 Å². The van der Waals surface area contributed by atoms with E-state index in [1.165, 1.54) is 11.5 Å². The lowest BCUT2D eigenvalue weighted by Gasteiger charge is -2.28. The molecule has 0 saturated carbocycles. The molecule has 4 nitrogen and oxygen atoms in total. The van der Waals surface area contributed by atoms with Crippen LogP contribution in [0.3, 0.4) is 0 Å². The van der Waals surface area contributed by atoms with Crippen LogP contribution in [0.25, 0.3) is 0 Å². The zero-order valence-corrected chi connectivity index (χ0v) is 10.7. The molecule has 0 saturated heterocycles. The molecule has 1 heterocycles. The Morgan fingerprint density at radius 3 is 2.81 bits per heavy atom. The fourth-order valence-electron chi connectivity index (χ4n) is 1.43. The van der Waals surface area contributed by atoms with Crippen molar-refractivity contribution in [3.63, 3.8) is 0 Å². The molecule has 1 aromatic heterocycles. The number of aryl methyl sites for hydroxylation is 1. The summed E-state index contributed by atoms with van der Waals surface area (Å²) in [5.41, 5.74) is 1.03. The third-order valence-corrected chi connectivity index (χ3v) is 3.57. The average molecular weight is 242 g/mol. The van der Waals surface area contributed by atoms with Gasteiger partial charge in [0.05, 0.1) is 11.3 Å². The lowest BCUT2D eigenvalue weighted by atomic mass is 9.94. The van der Waals surface area contributed by atoms with Gasteiger partial charge in [-0.3, -0.25) is 4.79 Å². The highest BCUT2D eigenvalue weighted by Crippen LogP contribution is 2.16. The molecule has 16 heavy (non-hydrogen) atoms. The summed E-state index contributed by atoms with van der Waals surface area (Å²) in [6.45, 7) is 5.83. The van der Waals surface area contributed by atoms with Gasteiger partial charge < -0.3 is 10.4 Å². The van der Waals surface area contributed by atoms with E-state index in [-0.39, 0.29) is 18.1 Å². The maximum atomic E-state index is 11.9. The minimum atomic E-state index is -0.347. The Bertz CT molecular complexity index is 365. The molecule has 0 radical (unpaired) electrons. The SMILES string of the molecule is CCC(C)(CCO)NC(=O)c1csnc1C. The van der Waals surface area contributed by atoms with Crippen molar-refractivity contribution in [2.75, 3.05) is 6.61 Å². The highest BCUT2D eigenvalue weighted by atomic mass is 32.1. The summed E-state index contributed by atoms with van der Waals surface area (Å²) in [5, 5.41) is 13.7. The van der Waals surface area contributed by atoms with E-state index in [0.29, 0.717) is 12.0 Å². The lowest BCUT2D eigenvalue weighted by molar-refractivity contribution is 0.0886. The molecule has 0 aliphatic carbocycles. The van der Waals surface area contributed by atoms with E-state index < -0.39 is 0 Å². The third kappa shape index (κ3) is 3.02. The topological polar surface area (TPSA) is 62.2 Å². The molecule has 1 atom stereocenters. The first kappa shape index (κ1) is 13.1. The van der Waals surface area contributed by atoms with E-state index in [2.05, 4.69) is 9.69 Å². The normalized spacial score (nSPS) is 14.5. The number of aliphatic hydroxyl groups is 1. The standard InChI is InChI=1S/C11H18N2O2S/c1-4-11(3,5-6-14)12-10(15)9-7-16-13-8(9)2/h7,14H,4-6H2,1-3H3,(H,12,15). The Morgan fingerprint density at radius 1 is 1.69 bits per heavy atom. The molecule has 0 aromatic carbocycles. The van der Waals surface area contributed by atoms with E-state index in [4.69, 9.17) is 5.11 Å². The van der Waals surface area contributed by atoms with Crippen molar-refractivity contribution in [1.29, 1.82) is 0 Å². The van der Waals surface area contributed by atoms with Crippen molar-refractivity contribution in [1.82, 2.24) is 9.69 Å². The molecule has 0 fully saturated rings. The van der Waals surface area contributed by atoms with E-state index in [1.807, 2.05) is 20.8 Å². The van der Waals surface area contributed by atoms with Gasteiger partial charge in [0.25, 0.3) is 5.91 Å². The zero-order chi connectivity index (χ0) is 12.2. The van der Waals surface area contributed by atoms with Crippen LogP contribution in [0.1, 0.15) is 42.7 Å². The molecule has 1 rings (SSSR count). The van der Waals surface area contributed by atoms with Gasteiger partial charge in [-0.1, -0.05) is 6.92 Å². The predicted molar refractivity (Wildman–Crippen MR) is 64.7 cm³/mol. The van der Waals surface area contributed by atoms with Crippen LogP contribution in [0.2, 0.25) is 0 Å². The number of nitrogens with zero attached hydrogens (tertiary/aromatic N) is 1. The molecule has 0 bridgehead atoms. The number of carbonyl (C=O) groups is 1. The molecule has 1 unspecified atom stereocenters. The van der Waals surface area contributed by atoms with Crippen molar-refractivity contribution < 1.29 is 9.90 Å². The molecule has 1 aromatic rings. The van der Waals surface area contributed by atoms with Crippen molar-refractivity contribution in [2.24, 2.45) is 0 Å². The first-order valence-corrected chi connectivity index (χ1v) is 6.20. The fraction of sp³-hybridized carbons (Fsp3) is 0.636. The monoisotopic (exact) mass is 242 g/mol. The van der Waals surface area contributed by atoms with Gasteiger partial charge in [-0.2, -0.15) is 4.37 Å². The molecule has 5 heteroatoms. The van der Waals surface area contributed by atoms with Crippen LogP contribution in [-0.4, -0.2) is 27.5 Å². The number of hydrogen-bond donors (Lipinski definition) is 2. The second-order valence-electron chi connectivity index (χ2n) is 4.16. The molecule has 1 amide bonds. The number of rotatable bonds is 5. The quantitative estimate of drug-likeness (QED) is 0.826. The maximum absolute atomic E-state index is 11.9. The van der Waals surface area contributed by atoms with Crippen LogP contribution in [0.4, 0.5) is 0 Å².